The van der Waals surface area contributed by atoms with Gasteiger partial charge in [-0.05, 0) is 77.2 Å². The molecular weight excluding hydrogens is 458 g/mol. The fraction of sp³-hybridized carbons (Fsp3) is 0.690. The number of aryl methyl sites for hydroxylation is 1. The number of esters is 1. The summed E-state index contributed by atoms with van der Waals surface area (Å²) in [6.45, 7) is 8.29. The Balaban J connectivity index is 1.54. The van der Waals surface area contributed by atoms with Gasteiger partial charge in [0.1, 0.15) is 24.6 Å². The Morgan fingerprint density at radius 2 is 1.97 bits per heavy atom. The lowest BCUT2D eigenvalue weighted by Crippen LogP contribution is -2.54. The van der Waals surface area contributed by atoms with Crippen LogP contribution in [0.1, 0.15) is 52.0 Å². The maximum absolute atomic E-state index is 12.8. The zero-order valence-corrected chi connectivity index (χ0v) is 22.9. The van der Waals surface area contributed by atoms with Crippen LogP contribution in [-0.2, 0) is 25.4 Å². The molecule has 1 saturated heterocycles. The number of nitrogens with zero attached hydrogens (tertiary/aromatic N) is 1. The molecule has 0 radical (unpaired) electrons. The van der Waals surface area contributed by atoms with Crippen LogP contribution >= 0.6 is 0 Å². The molecule has 1 spiro atoms. The molecule has 0 amide bonds. The molecule has 202 valence electrons. The van der Waals surface area contributed by atoms with E-state index in [-0.39, 0.29) is 35.6 Å². The summed E-state index contributed by atoms with van der Waals surface area (Å²) >= 11 is 0. The standard InChI is InChI=1S/C29H45NO6/c1-20(2)7-13-24(31)21(3)27-28(33-6)25(15-16-29(27)19-35-29)36-26(32)14-10-22-8-11-23(12-9-22)34-18-17-30(4)5/h7-9,11-12,21,24-25,27-28,31H,10,13-19H2,1-6H3. The Morgan fingerprint density at radius 3 is 2.56 bits per heavy atom. The van der Waals surface area contributed by atoms with Crippen molar-refractivity contribution in [3.63, 3.8) is 0 Å². The van der Waals surface area contributed by atoms with Gasteiger partial charge in [-0.1, -0.05) is 30.7 Å². The van der Waals surface area contributed by atoms with Crippen LogP contribution in [-0.4, -0.2) is 80.9 Å². The van der Waals surface area contributed by atoms with E-state index in [1.165, 1.54) is 5.57 Å². The number of carbonyl (C=O) groups excluding carboxylic acids is 1. The second-order valence-corrected chi connectivity index (χ2v) is 10.9. The molecule has 0 bridgehead atoms. The van der Waals surface area contributed by atoms with Crippen LogP contribution in [0.25, 0.3) is 0 Å². The molecule has 1 saturated carbocycles. The molecule has 1 aliphatic heterocycles. The number of hydrogen-bond donors (Lipinski definition) is 1. The van der Waals surface area contributed by atoms with Gasteiger partial charge in [0, 0.05) is 26.0 Å². The van der Waals surface area contributed by atoms with E-state index >= 15 is 0 Å². The van der Waals surface area contributed by atoms with Crippen molar-refractivity contribution in [1.29, 1.82) is 0 Å². The topological polar surface area (TPSA) is 80.8 Å². The smallest absolute Gasteiger partial charge is 0.306 e. The normalized spacial score (nSPS) is 26.9. The van der Waals surface area contributed by atoms with Crippen LogP contribution in [0.15, 0.2) is 35.9 Å². The van der Waals surface area contributed by atoms with E-state index in [1.54, 1.807) is 7.11 Å². The number of rotatable bonds is 13. The number of hydrogen-bond acceptors (Lipinski definition) is 7. The first-order valence-electron chi connectivity index (χ1n) is 13.2. The Labute approximate surface area is 216 Å². The van der Waals surface area contributed by atoms with Gasteiger partial charge in [0.05, 0.1) is 18.3 Å². The molecule has 1 aliphatic carbocycles. The van der Waals surface area contributed by atoms with Gasteiger partial charge in [-0.15, -0.1) is 0 Å². The van der Waals surface area contributed by atoms with Crippen molar-refractivity contribution < 1.29 is 28.8 Å². The van der Waals surface area contributed by atoms with E-state index in [0.717, 1.165) is 24.3 Å². The Bertz CT molecular complexity index is 859. The van der Waals surface area contributed by atoms with Crippen molar-refractivity contribution in [3.8, 4) is 5.75 Å². The highest BCUT2D eigenvalue weighted by Crippen LogP contribution is 2.51. The monoisotopic (exact) mass is 503 g/mol. The summed E-state index contributed by atoms with van der Waals surface area (Å²) in [4.78, 5) is 14.9. The first kappa shape index (κ1) is 28.6. The summed E-state index contributed by atoms with van der Waals surface area (Å²) in [5.74, 6) is 0.525. The summed E-state index contributed by atoms with van der Waals surface area (Å²) < 4.78 is 23.5. The van der Waals surface area contributed by atoms with Crippen LogP contribution in [0, 0.1) is 11.8 Å². The highest BCUT2D eigenvalue weighted by atomic mass is 16.6. The third kappa shape index (κ3) is 7.78. The summed E-state index contributed by atoms with van der Waals surface area (Å²) in [6, 6.07) is 7.88. The average molecular weight is 504 g/mol. The highest BCUT2D eigenvalue weighted by molar-refractivity contribution is 5.70. The van der Waals surface area contributed by atoms with Gasteiger partial charge < -0.3 is 29.0 Å². The second kappa shape index (κ2) is 13.0. The van der Waals surface area contributed by atoms with Crippen molar-refractivity contribution in [3.05, 3.63) is 41.5 Å². The second-order valence-electron chi connectivity index (χ2n) is 10.9. The lowest BCUT2D eigenvalue weighted by atomic mass is 9.68. The number of epoxide rings is 1. The number of benzene rings is 1. The summed E-state index contributed by atoms with van der Waals surface area (Å²) in [5, 5.41) is 10.9. The van der Waals surface area contributed by atoms with E-state index in [4.69, 9.17) is 18.9 Å². The summed E-state index contributed by atoms with van der Waals surface area (Å²) in [7, 11) is 5.69. The van der Waals surface area contributed by atoms with Crippen molar-refractivity contribution in [2.24, 2.45) is 11.8 Å². The first-order chi connectivity index (χ1) is 17.1. The van der Waals surface area contributed by atoms with Gasteiger partial charge in [0.15, 0.2) is 0 Å². The van der Waals surface area contributed by atoms with E-state index in [1.807, 2.05) is 52.2 Å². The predicted molar refractivity (Wildman–Crippen MR) is 140 cm³/mol. The van der Waals surface area contributed by atoms with Crippen LogP contribution in [0.3, 0.4) is 0 Å². The van der Waals surface area contributed by atoms with Gasteiger partial charge >= 0.3 is 5.97 Å². The largest absolute Gasteiger partial charge is 0.492 e. The van der Waals surface area contributed by atoms with Crippen molar-refractivity contribution in [2.45, 2.75) is 76.8 Å². The number of ether oxygens (including phenoxy) is 4. The molecule has 6 unspecified atom stereocenters. The lowest BCUT2D eigenvalue weighted by Gasteiger charge is -2.44. The minimum atomic E-state index is -0.507. The van der Waals surface area contributed by atoms with E-state index in [0.29, 0.717) is 38.9 Å². The van der Waals surface area contributed by atoms with Crippen LogP contribution in [0.2, 0.25) is 0 Å². The Hall–Kier alpha value is -1.93. The molecule has 2 fully saturated rings. The molecular formula is C29H45NO6. The molecule has 1 aromatic rings. The summed E-state index contributed by atoms with van der Waals surface area (Å²) in [5.41, 5.74) is 1.98. The molecule has 36 heavy (non-hydrogen) atoms. The average Bonchev–Trinajstić information content (AvgIpc) is 3.62. The third-order valence-electron chi connectivity index (χ3n) is 7.54. The van der Waals surface area contributed by atoms with Crippen LogP contribution < -0.4 is 4.74 Å². The lowest BCUT2D eigenvalue weighted by molar-refractivity contribution is -0.173. The van der Waals surface area contributed by atoms with E-state index in [9.17, 15) is 9.90 Å². The Morgan fingerprint density at radius 1 is 1.28 bits per heavy atom. The maximum Gasteiger partial charge on any atom is 0.306 e. The number of likely N-dealkylation sites (N-methyl/N-ethyl adjacent to an activating group) is 1. The molecule has 1 heterocycles. The van der Waals surface area contributed by atoms with E-state index in [2.05, 4.69) is 17.9 Å². The molecule has 6 atom stereocenters. The minimum absolute atomic E-state index is 0.0327. The molecule has 1 N–H and O–H groups in total. The number of methoxy groups -OCH3 is 1. The summed E-state index contributed by atoms with van der Waals surface area (Å²) in [6.07, 6.45) is 3.93. The van der Waals surface area contributed by atoms with Crippen molar-refractivity contribution >= 4 is 5.97 Å². The van der Waals surface area contributed by atoms with E-state index < -0.39 is 6.10 Å². The number of aliphatic hydroxyl groups is 1. The minimum Gasteiger partial charge on any atom is -0.492 e. The SMILES string of the molecule is COC1C(OC(=O)CCc2ccc(OCCN(C)C)cc2)CCC2(CO2)C1C(C)C(O)CC=C(C)C. The zero-order chi connectivity index (χ0) is 26.3. The Kier molecular flexibility index (Phi) is 10.4. The van der Waals surface area contributed by atoms with Gasteiger partial charge in [-0.2, -0.15) is 0 Å². The fourth-order valence-electron chi connectivity index (χ4n) is 5.26. The van der Waals surface area contributed by atoms with Crippen molar-refractivity contribution in [1.82, 2.24) is 4.90 Å². The molecule has 1 aromatic carbocycles. The van der Waals surface area contributed by atoms with Gasteiger partial charge in [0.2, 0.25) is 0 Å². The molecule has 3 rings (SSSR count). The first-order valence-corrected chi connectivity index (χ1v) is 13.2. The van der Waals surface area contributed by atoms with Gasteiger partial charge in [-0.3, -0.25) is 4.79 Å². The van der Waals surface area contributed by atoms with Crippen LogP contribution in [0.4, 0.5) is 0 Å². The molecule has 7 nitrogen and oxygen atoms in total. The zero-order valence-electron chi connectivity index (χ0n) is 22.9. The maximum atomic E-state index is 12.8. The number of aliphatic hydroxyl groups excluding tert-OH is 1. The third-order valence-corrected chi connectivity index (χ3v) is 7.54. The molecule has 2 aliphatic rings. The quantitative estimate of drug-likeness (QED) is 0.247. The number of carbonyl (C=O) groups is 1. The van der Waals surface area contributed by atoms with Gasteiger partial charge in [0.25, 0.3) is 0 Å². The predicted octanol–water partition coefficient (Wildman–Crippen LogP) is 4.02. The molecule has 0 aromatic heterocycles. The number of allylic oxidation sites excluding steroid dienone is 1. The van der Waals surface area contributed by atoms with Gasteiger partial charge in [-0.25, -0.2) is 0 Å². The fourth-order valence-corrected chi connectivity index (χ4v) is 5.26. The van der Waals surface area contributed by atoms with Crippen LogP contribution in [0.5, 0.6) is 5.75 Å². The molecule has 7 heteroatoms. The van der Waals surface area contributed by atoms with Crippen molar-refractivity contribution in [2.75, 3.05) is 41.0 Å². The highest BCUT2D eigenvalue weighted by Gasteiger charge is 2.61.